The quantitative estimate of drug-likeness (QED) is 0.696. The van der Waals surface area contributed by atoms with Gasteiger partial charge < -0.3 is 14.9 Å². The van der Waals surface area contributed by atoms with E-state index in [9.17, 15) is 9.59 Å². The molecule has 7 heteroatoms. The van der Waals surface area contributed by atoms with Crippen LogP contribution in [0.4, 0.5) is 5.82 Å². The predicted molar refractivity (Wildman–Crippen MR) is 92.6 cm³/mol. The summed E-state index contributed by atoms with van der Waals surface area (Å²) in [6, 6.07) is 12.4. The van der Waals surface area contributed by atoms with E-state index < -0.39 is 11.9 Å². The molecule has 1 aromatic carbocycles. The van der Waals surface area contributed by atoms with Crippen LogP contribution in [0.15, 0.2) is 59.3 Å². The SMILES string of the molecule is CCOC(=O)c1c(-c2ccccc2)cn(NC(=O)c2ccco2)c1N. The summed E-state index contributed by atoms with van der Waals surface area (Å²) in [6.45, 7) is 1.93. The second kappa shape index (κ2) is 6.96. The lowest BCUT2D eigenvalue weighted by molar-refractivity contribution is 0.0528. The van der Waals surface area contributed by atoms with Crippen molar-refractivity contribution in [1.82, 2.24) is 4.68 Å². The van der Waals surface area contributed by atoms with Crippen LogP contribution < -0.4 is 11.2 Å². The summed E-state index contributed by atoms with van der Waals surface area (Å²) in [6.07, 6.45) is 2.98. The molecule has 0 aliphatic rings. The van der Waals surface area contributed by atoms with Crippen LogP contribution in [-0.4, -0.2) is 23.2 Å². The molecule has 0 unspecified atom stereocenters. The van der Waals surface area contributed by atoms with Crippen molar-refractivity contribution < 1.29 is 18.7 Å². The summed E-state index contributed by atoms with van der Waals surface area (Å²) in [5.41, 5.74) is 10.2. The van der Waals surface area contributed by atoms with Gasteiger partial charge in [0.05, 0.1) is 12.9 Å². The molecule has 2 aromatic heterocycles. The monoisotopic (exact) mass is 339 g/mol. The van der Waals surface area contributed by atoms with Gasteiger partial charge in [-0.1, -0.05) is 30.3 Å². The highest BCUT2D eigenvalue weighted by molar-refractivity contribution is 6.03. The van der Waals surface area contributed by atoms with Crippen LogP contribution in [-0.2, 0) is 4.74 Å². The highest BCUT2D eigenvalue weighted by atomic mass is 16.5. The summed E-state index contributed by atoms with van der Waals surface area (Å²) in [5, 5.41) is 0. The molecule has 0 atom stereocenters. The third-order valence-electron chi connectivity index (χ3n) is 3.57. The van der Waals surface area contributed by atoms with Gasteiger partial charge in [-0.15, -0.1) is 0 Å². The van der Waals surface area contributed by atoms with E-state index in [0.29, 0.717) is 5.56 Å². The number of rotatable bonds is 5. The number of benzene rings is 1. The van der Waals surface area contributed by atoms with Crippen molar-refractivity contribution in [2.24, 2.45) is 0 Å². The van der Waals surface area contributed by atoms with E-state index in [2.05, 4.69) is 5.43 Å². The van der Waals surface area contributed by atoms with Gasteiger partial charge in [0.15, 0.2) is 5.76 Å². The van der Waals surface area contributed by atoms with E-state index in [1.54, 1.807) is 19.2 Å². The van der Waals surface area contributed by atoms with Gasteiger partial charge in [-0.05, 0) is 24.6 Å². The van der Waals surface area contributed by atoms with E-state index in [-0.39, 0.29) is 23.7 Å². The van der Waals surface area contributed by atoms with Crippen LogP contribution in [0.2, 0.25) is 0 Å². The Hall–Kier alpha value is -3.48. The molecule has 0 saturated carbocycles. The first-order valence-corrected chi connectivity index (χ1v) is 7.70. The Bertz CT molecular complexity index is 883. The molecule has 0 spiro atoms. The molecule has 2 heterocycles. The van der Waals surface area contributed by atoms with Crippen LogP contribution in [0.1, 0.15) is 27.8 Å². The number of anilines is 1. The molecule has 0 aliphatic heterocycles. The highest BCUT2D eigenvalue weighted by Gasteiger charge is 2.23. The summed E-state index contributed by atoms with van der Waals surface area (Å²) >= 11 is 0. The van der Waals surface area contributed by atoms with E-state index in [1.165, 1.54) is 17.0 Å². The molecule has 3 aromatic rings. The van der Waals surface area contributed by atoms with E-state index in [1.807, 2.05) is 30.3 Å². The lowest BCUT2D eigenvalue weighted by Crippen LogP contribution is -2.23. The van der Waals surface area contributed by atoms with Crippen molar-refractivity contribution in [1.29, 1.82) is 0 Å². The fourth-order valence-electron chi connectivity index (χ4n) is 2.44. The van der Waals surface area contributed by atoms with Crippen molar-refractivity contribution >= 4 is 17.7 Å². The van der Waals surface area contributed by atoms with Gasteiger partial charge in [0.1, 0.15) is 11.4 Å². The smallest absolute Gasteiger partial charge is 0.342 e. The average Bonchev–Trinajstić information content (AvgIpc) is 3.25. The fourth-order valence-corrected chi connectivity index (χ4v) is 2.44. The molecule has 25 heavy (non-hydrogen) atoms. The number of ether oxygens (including phenoxy) is 1. The van der Waals surface area contributed by atoms with Crippen LogP contribution in [0.3, 0.4) is 0 Å². The number of nitrogens with one attached hydrogen (secondary N) is 1. The number of furan rings is 1. The number of hydrogen-bond acceptors (Lipinski definition) is 5. The van der Waals surface area contributed by atoms with Crippen LogP contribution in [0.5, 0.6) is 0 Å². The van der Waals surface area contributed by atoms with Gasteiger partial charge >= 0.3 is 11.9 Å². The van der Waals surface area contributed by atoms with Crippen molar-refractivity contribution in [2.75, 3.05) is 17.8 Å². The van der Waals surface area contributed by atoms with Crippen LogP contribution >= 0.6 is 0 Å². The number of hydrogen-bond donors (Lipinski definition) is 2. The molecule has 0 bridgehead atoms. The summed E-state index contributed by atoms with van der Waals surface area (Å²) in [7, 11) is 0. The Morgan fingerprint density at radius 1 is 1.20 bits per heavy atom. The standard InChI is InChI=1S/C18H17N3O4/c1-2-24-18(23)15-13(12-7-4-3-5-8-12)11-21(16(15)19)20-17(22)14-9-6-10-25-14/h3-11H,2,19H2,1H3,(H,20,22). The van der Waals surface area contributed by atoms with Crippen molar-refractivity contribution in [2.45, 2.75) is 6.92 Å². The normalized spacial score (nSPS) is 10.4. The molecule has 1 amide bonds. The zero-order chi connectivity index (χ0) is 17.8. The third kappa shape index (κ3) is 3.25. The Balaban J connectivity index is 2.02. The van der Waals surface area contributed by atoms with Crippen molar-refractivity contribution in [3.63, 3.8) is 0 Å². The fraction of sp³-hybridized carbons (Fsp3) is 0.111. The number of carbonyl (C=O) groups is 2. The zero-order valence-corrected chi connectivity index (χ0v) is 13.6. The number of amides is 1. The topological polar surface area (TPSA) is 99.5 Å². The molecule has 7 nitrogen and oxygen atoms in total. The Morgan fingerprint density at radius 2 is 1.96 bits per heavy atom. The van der Waals surface area contributed by atoms with Gasteiger partial charge in [0, 0.05) is 11.8 Å². The maximum atomic E-state index is 12.3. The van der Waals surface area contributed by atoms with Crippen molar-refractivity contribution in [3.8, 4) is 11.1 Å². The molecule has 0 aliphatic carbocycles. The second-order valence-electron chi connectivity index (χ2n) is 5.18. The lowest BCUT2D eigenvalue weighted by atomic mass is 10.0. The summed E-state index contributed by atoms with van der Waals surface area (Å²) in [5.74, 6) is -0.823. The van der Waals surface area contributed by atoms with Gasteiger partial charge in [-0.3, -0.25) is 10.2 Å². The molecule has 0 fully saturated rings. The third-order valence-corrected chi connectivity index (χ3v) is 3.57. The molecule has 3 rings (SSSR count). The first-order chi connectivity index (χ1) is 12.1. The largest absolute Gasteiger partial charge is 0.462 e. The minimum atomic E-state index is -0.551. The van der Waals surface area contributed by atoms with Crippen LogP contribution in [0.25, 0.3) is 11.1 Å². The predicted octanol–water partition coefficient (Wildman–Crippen LogP) is 2.89. The Morgan fingerprint density at radius 3 is 2.60 bits per heavy atom. The maximum absolute atomic E-state index is 12.3. The minimum absolute atomic E-state index is 0.0807. The molecule has 128 valence electrons. The van der Waals surface area contributed by atoms with Crippen molar-refractivity contribution in [3.05, 3.63) is 66.2 Å². The Kier molecular flexibility index (Phi) is 4.56. The van der Waals surface area contributed by atoms with E-state index >= 15 is 0 Å². The first-order valence-electron chi connectivity index (χ1n) is 7.70. The molecule has 0 radical (unpaired) electrons. The number of esters is 1. The number of nitrogen functional groups attached to an aromatic ring is 1. The minimum Gasteiger partial charge on any atom is -0.462 e. The lowest BCUT2D eigenvalue weighted by Gasteiger charge is -2.07. The van der Waals surface area contributed by atoms with Gasteiger partial charge in [-0.25, -0.2) is 9.47 Å². The molecule has 0 saturated heterocycles. The average molecular weight is 339 g/mol. The number of aromatic nitrogens is 1. The van der Waals surface area contributed by atoms with Crippen LogP contribution in [0, 0.1) is 0 Å². The van der Waals surface area contributed by atoms with Gasteiger partial charge in [0.25, 0.3) is 0 Å². The highest BCUT2D eigenvalue weighted by Crippen LogP contribution is 2.30. The number of nitrogens with zero attached hydrogens (tertiary/aromatic N) is 1. The van der Waals surface area contributed by atoms with E-state index in [4.69, 9.17) is 14.9 Å². The molecular weight excluding hydrogens is 322 g/mol. The zero-order valence-electron chi connectivity index (χ0n) is 13.6. The number of carbonyl (C=O) groups excluding carboxylic acids is 2. The Labute approximate surface area is 144 Å². The van der Waals surface area contributed by atoms with Gasteiger partial charge in [0.2, 0.25) is 0 Å². The second-order valence-corrected chi connectivity index (χ2v) is 5.18. The molecule has 3 N–H and O–H groups in total. The summed E-state index contributed by atoms with van der Waals surface area (Å²) < 4.78 is 11.4. The molecular formula is C18H17N3O4. The first kappa shape index (κ1) is 16.4. The van der Waals surface area contributed by atoms with Gasteiger partial charge in [-0.2, -0.15) is 0 Å². The van der Waals surface area contributed by atoms with E-state index in [0.717, 1.165) is 5.56 Å². The summed E-state index contributed by atoms with van der Waals surface area (Å²) in [4.78, 5) is 24.5. The maximum Gasteiger partial charge on any atom is 0.342 e. The number of nitrogens with two attached hydrogens (primary N) is 1.